The number of carbonyl (C=O) groups excluding carboxylic acids is 1. The molecule has 1 N–H and O–H groups in total. The monoisotopic (exact) mass is 364 g/mol. The van der Waals surface area contributed by atoms with Crippen LogP contribution in [0.4, 0.5) is 5.69 Å². The zero-order valence-electron chi connectivity index (χ0n) is 15.5. The molecule has 140 valence electrons. The van der Waals surface area contributed by atoms with Crippen molar-refractivity contribution in [2.24, 2.45) is 0 Å². The highest BCUT2D eigenvalue weighted by molar-refractivity contribution is 5.92. The van der Waals surface area contributed by atoms with Gasteiger partial charge in [-0.05, 0) is 43.7 Å². The number of nitrogens with zero attached hydrogens (tertiary/aromatic N) is 3. The van der Waals surface area contributed by atoms with Gasteiger partial charge in [0.2, 0.25) is 5.91 Å². The van der Waals surface area contributed by atoms with Crippen molar-refractivity contribution in [3.05, 3.63) is 54.9 Å². The third kappa shape index (κ3) is 3.95. The van der Waals surface area contributed by atoms with E-state index >= 15 is 0 Å². The molecule has 6 nitrogen and oxygen atoms in total. The van der Waals surface area contributed by atoms with Crippen LogP contribution in [0.2, 0.25) is 0 Å². The maximum atomic E-state index is 12.5. The Balaban J connectivity index is 1.40. The van der Waals surface area contributed by atoms with Crippen molar-refractivity contribution in [3.63, 3.8) is 0 Å². The average molecular weight is 364 g/mol. The van der Waals surface area contributed by atoms with Gasteiger partial charge in [0, 0.05) is 24.3 Å². The lowest BCUT2D eigenvalue weighted by molar-refractivity contribution is -0.117. The van der Waals surface area contributed by atoms with Crippen LogP contribution < -0.4 is 10.1 Å². The van der Waals surface area contributed by atoms with Crippen molar-refractivity contribution in [2.75, 3.05) is 25.5 Å². The summed E-state index contributed by atoms with van der Waals surface area (Å²) in [6, 6.07) is 15.9. The quantitative estimate of drug-likeness (QED) is 0.730. The Morgan fingerprint density at radius 1 is 1.26 bits per heavy atom. The first-order valence-corrected chi connectivity index (χ1v) is 9.31. The predicted molar refractivity (Wildman–Crippen MR) is 106 cm³/mol. The van der Waals surface area contributed by atoms with Gasteiger partial charge in [-0.1, -0.05) is 18.2 Å². The molecule has 27 heavy (non-hydrogen) atoms. The number of ether oxygens (including phenoxy) is 1. The van der Waals surface area contributed by atoms with Gasteiger partial charge in [0.25, 0.3) is 0 Å². The van der Waals surface area contributed by atoms with Crippen molar-refractivity contribution in [1.82, 2.24) is 14.5 Å². The van der Waals surface area contributed by atoms with E-state index in [9.17, 15) is 4.79 Å². The van der Waals surface area contributed by atoms with Crippen LogP contribution in [0, 0.1) is 0 Å². The molecule has 0 unspecified atom stereocenters. The van der Waals surface area contributed by atoms with Gasteiger partial charge in [-0.25, -0.2) is 4.98 Å². The molecule has 1 aliphatic rings. The van der Waals surface area contributed by atoms with Crippen LogP contribution in [-0.4, -0.2) is 46.6 Å². The molecule has 4 rings (SSSR count). The molecule has 0 bridgehead atoms. The number of para-hydroxylation sites is 2. The Kier molecular flexibility index (Phi) is 5.07. The number of amides is 1. The van der Waals surface area contributed by atoms with E-state index in [1.54, 1.807) is 7.11 Å². The Bertz CT molecular complexity index is 937. The van der Waals surface area contributed by atoms with Crippen molar-refractivity contribution < 1.29 is 9.53 Å². The summed E-state index contributed by atoms with van der Waals surface area (Å²) in [6.45, 7) is 2.20. The van der Waals surface area contributed by atoms with Gasteiger partial charge in [-0.15, -0.1) is 0 Å². The number of anilines is 1. The normalized spacial score (nSPS) is 17.3. The molecule has 1 fully saturated rings. The molecule has 0 aliphatic carbocycles. The number of hydrogen-bond donors (Lipinski definition) is 1. The number of benzene rings is 2. The van der Waals surface area contributed by atoms with Gasteiger partial charge in [-0.3, -0.25) is 9.69 Å². The molecule has 1 amide bonds. The zero-order valence-corrected chi connectivity index (χ0v) is 15.5. The van der Waals surface area contributed by atoms with Crippen LogP contribution in [0.5, 0.6) is 5.75 Å². The number of imidazole rings is 1. The maximum Gasteiger partial charge on any atom is 0.238 e. The molecule has 1 atom stereocenters. The number of likely N-dealkylation sites (tertiary alicyclic amines) is 1. The standard InChI is InChI=1S/C21H24N4O2/c1-27-18-8-4-6-16(12-18)23-21(26)14-24-11-5-7-17(24)13-25-15-22-19-9-2-3-10-20(19)25/h2-4,6,8-10,12,15,17H,5,7,11,13-14H2,1H3,(H,23,26)/t17-/m0/s1. The first kappa shape index (κ1) is 17.5. The summed E-state index contributed by atoms with van der Waals surface area (Å²) in [5.41, 5.74) is 2.92. The molecule has 1 saturated heterocycles. The molecule has 0 spiro atoms. The SMILES string of the molecule is COc1cccc(NC(=O)CN2CCC[C@H]2Cn2cnc3ccccc32)c1. The Hall–Kier alpha value is -2.86. The van der Waals surface area contributed by atoms with Gasteiger partial charge < -0.3 is 14.6 Å². The molecule has 2 aromatic carbocycles. The minimum atomic E-state index is 0.00522. The zero-order chi connectivity index (χ0) is 18.6. The van der Waals surface area contributed by atoms with Crippen molar-refractivity contribution in [1.29, 1.82) is 0 Å². The van der Waals surface area contributed by atoms with Crippen LogP contribution in [-0.2, 0) is 11.3 Å². The van der Waals surface area contributed by atoms with Gasteiger partial charge in [0.05, 0.1) is 31.0 Å². The number of carbonyl (C=O) groups is 1. The second-order valence-corrected chi connectivity index (χ2v) is 6.93. The largest absolute Gasteiger partial charge is 0.497 e. The molecule has 1 aromatic heterocycles. The van der Waals surface area contributed by atoms with E-state index in [1.807, 2.05) is 48.8 Å². The number of rotatable bonds is 6. The highest BCUT2D eigenvalue weighted by Crippen LogP contribution is 2.22. The minimum Gasteiger partial charge on any atom is -0.497 e. The first-order chi connectivity index (χ1) is 13.2. The first-order valence-electron chi connectivity index (χ1n) is 9.31. The number of hydrogen-bond acceptors (Lipinski definition) is 4. The lowest BCUT2D eigenvalue weighted by Crippen LogP contribution is -2.38. The van der Waals surface area contributed by atoms with E-state index in [-0.39, 0.29) is 5.91 Å². The van der Waals surface area contributed by atoms with Gasteiger partial charge in [0.15, 0.2) is 0 Å². The Morgan fingerprint density at radius 3 is 3.04 bits per heavy atom. The Morgan fingerprint density at radius 2 is 2.15 bits per heavy atom. The lowest BCUT2D eigenvalue weighted by Gasteiger charge is -2.24. The summed E-state index contributed by atoms with van der Waals surface area (Å²) in [6.07, 6.45) is 4.11. The lowest BCUT2D eigenvalue weighted by atomic mass is 10.2. The highest BCUT2D eigenvalue weighted by atomic mass is 16.5. The highest BCUT2D eigenvalue weighted by Gasteiger charge is 2.27. The smallest absolute Gasteiger partial charge is 0.238 e. The second kappa shape index (κ2) is 7.80. The van der Waals surface area contributed by atoms with Gasteiger partial charge >= 0.3 is 0 Å². The number of nitrogens with one attached hydrogen (secondary N) is 1. The molecular weight excluding hydrogens is 340 g/mol. The van der Waals surface area contributed by atoms with E-state index in [0.717, 1.165) is 48.4 Å². The topological polar surface area (TPSA) is 59.4 Å². The fourth-order valence-electron chi connectivity index (χ4n) is 3.78. The van der Waals surface area contributed by atoms with E-state index in [0.29, 0.717) is 12.6 Å². The fourth-order valence-corrected chi connectivity index (χ4v) is 3.78. The van der Waals surface area contributed by atoms with Crippen LogP contribution in [0.15, 0.2) is 54.9 Å². The number of aromatic nitrogens is 2. The van der Waals surface area contributed by atoms with E-state index < -0.39 is 0 Å². The summed E-state index contributed by atoms with van der Waals surface area (Å²) in [5.74, 6) is 0.740. The van der Waals surface area contributed by atoms with Crippen molar-refractivity contribution >= 4 is 22.6 Å². The molecule has 2 heterocycles. The average Bonchev–Trinajstić information content (AvgIpc) is 3.29. The van der Waals surface area contributed by atoms with E-state index in [4.69, 9.17) is 4.74 Å². The molecule has 6 heteroatoms. The molecule has 0 radical (unpaired) electrons. The molecule has 0 saturated carbocycles. The third-order valence-electron chi connectivity index (χ3n) is 5.13. The summed E-state index contributed by atoms with van der Waals surface area (Å²) < 4.78 is 7.40. The molecule has 1 aliphatic heterocycles. The molecular formula is C21H24N4O2. The number of fused-ring (bicyclic) bond motifs is 1. The minimum absolute atomic E-state index is 0.00522. The summed E-state index contributed by atoms with van der Waals surface area (Å²) in [4.78, 5) is 19.3. The summed E-state index contributed by atoms with van der Waals surface area (Å²) in [5, 5.41) is 2.97. The summed E-state index contributed by atoms with van der Waals surface area (Å²) in [7, 11) is 1.62. The third-order valence-corrected chi connectivity index (χ3v) is 5.13. The van der Waals surface area contributed by atoms with Crippen LogP contribution >= 0.6 is 0 Å². The predicted octanol–water partition coefficient (Wildman–Crippen LogP) is 3.15. The molecule has 3 aromatic rings. The maximum absolute atomic E-state index is 12.5. The van der Waals surface area contributed by atoms with Crippen LogP contribution in [0.3, 0.4) is 0 Å². The van der Waals surface area contributed by atoms with Crippen LogP contribution in [0.25, 0.3) is 11.0 Å². The second-order valence-electron chi connectivity index (χ2n) is 6.93. The van der Waals surface area contributed by atoms with E-state index in [2.05, 4.69) is 25.8 Å². The van der Waals surface area contributed by atoms with Crippen LogP contribution in [0.1, 0.15) is 12.8 Å². The summed E-state index contributed by atoms with van der Waals surface area (Å²) >= 11 is 0. The van der Waals surface area contributed by atoms with Gasteiger partial charge in [-0.2, -0.15) is 0 Å². The number of methoxy groups -OCH3 is 1. The van der Waals surface area contributed by atoms with Crippen molar-refractivity contribution in [3.8, 4) is 5.75 Å². The van der Waals surface area contributed by atoms with E-state index in [1.165, 1.54) is 0 Å². The Labute approximate surface area is 158 Å². The van der Waals surface area contributed by atoms with Crippen molar-refractivity contribution in [2.45, 2.75) is 25.4 Å². The van der Waals surface area contributed by atoms with Gasteiger partial charge in [0.1, 0.15) is 5.75 Å². The fraction of sp³-hybridized carbons (Fsp3) is 0.333.